The van der Waals surface area contributed by atoms with Gasteiger partial charge in [0.15, 0.2) is 5.70 Å². The summed E-state index contributed by atoms with van der Waals surface area (Å²) in [6.07, 6.45) is 2.94. The van der Waals surface area contributed by atoms with Gasteiger partial charge < -0.3 is 15.0 Å². The molecule has 7 nitrogen and oxygen atoms in total. The molecule has 0 saturated carbocycles. The topological polar surface area (TPSA) is 74.6 Å². The minimum Gasteiger partial charge on any atom is -0.444 e. The first-order chi connectivity index (χ1) is 14.3. The van der Waals surface area contributed by atoms with Gasteiger partial charge in [-0.3, -0.25) is 5.10 Å². The Balaban J connectivity index is 1.79. The second kappa shape index (κ2) is 7.69. The smallest absolute Gasteiger partial charge is 0.410 e. The van der Waals surface area contributed by atoms with E-state index in [4.69, 9.17) is 22.9 Å². The highest BCUT2D eigenvalue weighted by molar-refractivity contribution is 6.31. The van der Waals surface area contributed by atoms with Crippen molar-refractivity contribution in [1.29, 1.82) is 0 Å². The van der Waals surface area contributed by atoms with Gasteiger partial charge in [0.25, 0.3) is 0 Å². The molecule has 0 aliphatic carbocycles. The number of hydrogen-bond donors (Lipinski definition) is 2. The number of likely N-dealkylation sites (tertiary alicyclic amines) is 1. The molecule has 1 amide bonds. The third kappa shape index (κ3) is 3.63. The van der Waals surface area contributed by atoms with Crippen molar-refractivity contribution in [3.05, 3.63) is 69.4 Å². The SMILES string of the molecule is [C-]#[N+]C1=C(C2CCCN2C(=O)OC(C)(C)C)Nc2[nH]ncc2C1c1ccccc1Cl. The van der Waals surface area contributed by atoms with Crippen molar-refractivity contribution in [3.63, 3.8) is 0 Å². The summed E-state index contributed by atoms with van der Waals surface area (Å²) in [4.78, 5) is 18.5. The Morgan fingerprint density at radius 2 is 2.10 bits per heavy atom. The van der Waals surface area contributed by atoms with Gasteiger partial charge >= 0.3 is 6.09 Å². The van der Waals surface area contributed by atoms with Gasteiger partial charge in [-0.1, -0.05) is 29.8 Å². The number of benzene rings is 1. The van der Waals surface area contributed by atoms with Gasteiger partial charge in [0.2, 0.25) is 0 Å². The number of allylic oxidation sites excluding steroid dienone is 1. The van der Waals surface area contributed by atoms with Crippen LogP contribution in [-0.2, 0) is 4.74 Å². The lowest BCUT2D eigenvalue weighted by atomic mass is 9.85. The first-order valence-electron chi connectivity index (χ1n) is 9.96. The Bertz CT molecular complexity index is 1050. The van der Waals surface area contributed by atoms with Crippen LogP contribution in [0.25, 0.3) is 4.85 Å². The van der Waals surface area contributed by atoms with E-state index in [0.717, 1.165) is 29.8 Å². The Kier molecular flexibility index (Phi) is 5.20. The van der Waals surface area contributed by atoms with Crippen LogP contribution in [0.3, 0.4) is 0 Å². The fourth-order valence-electron chi connectivity index (χ4n) is 4.12. The molecule has 1 aromatic heterocycles. The van der Waals surface area contributed by atoms with E-state index >= 15 is 0 Å². The number of amides is 1. The molecule has 30 heavy (non-hydrogen) atoms. The lowest BCUT2D eigenvalue weighted by Crippen LogP contribution is -2.42. The molecule has 8 heteroatoms. The van der Waals surface area contributed by atoms with Gasteiger partial charge in [-0.05, 0) is 45.2 Å². The first kappa shape index (κ1) is 20.3. The van der Waals surface area contributed by atoms with Gasteiger partial charge in [0.05, 0.1) is 24.7 Å². The van der Waals surface area contributed by atoms with Crippen LogP contribution in [-0.4, -0.2) is 39.4 Å². The lowest BCUT2D eigenvalue weighted by molar-refractivity contribution is 0.0249. The molecule has 2 aliphatic heterocycles. The molecule has 2 aliphatic rings. The van der Waals surface area contributed by atoms with Crippen LogP contribution in [0, 0.1) is 6.57 Å². The molecule has 2 N–H and O–H groups in total. The van der Waals surface area contributed by atoms with Gasteiger partial charge in [-0.15, -0.1) is 0 Å². The largest absolute Gasteiger partial charge is 0.444 e. The summed E-state index contributed by atoms with van der Waals surface area (Å²) in [5.74, 6) is 0.362. The Hall–Kier alpha value is -2.98. The molecule has 2 aromatic rings. The monoisotopic (exact) mass is 425 g/mol. The third-order valence-electron chi connectivity index (χ3n) is 5.34. The molecule has 4 rings (SSSR count). The van der Waals surface area contributed by atoms with Crippen molar-refractivity contribution in [2.24, 2.45) is 0 Å². The molecule has 0 spiro atoms. The quantitative estimate of drug-likeness (QED) is 0.652. The van der Waals surface area contributed by atoms with E-state index in [1.165, 1.54) is 0 Å². The summed E-state index contributed by atoms with van der Waals surface area (Å²) < 4.78 is 5.61. The van der Waals surface area contributed by atoms with E-state index in [1.54, 1.807) is 11.1 Å². The number of halogens is 1. The summed E-state index contributed by atoms with van der Waals surface area (Å²) in [5, 5.41) is 11.1. The van der Waals surface area contributed by atoms with Crippen molar-refractivity contribution in [2.75, 3.05) is 11.9 Å². The number of anilines is 1. The Morgan fingerprint density at radius 3 is 2.80 bits per heavy atom. The highest BCUT2D eigenvalue weighted by atomic mass is 35.5. The fraction of sp³-hybridized carbons (Fsp3) is 0.409. The molecule has 3 heterocycles. The number of fused-ring (bicyclic) bond motifs is 1. The van der Waals surface area contributed by atoms with Crippen LogP contribution < -0.4 is 5.32 Å². The van der Waals surface area contributed by atoms with E-state index < -0.39 is 5.60 Å². The number of carbonyl (C=O) groups is 1. The van der Waals surface area contributed by atoms with Gasteiger partial charge in [-0.2, -0.15) is 5.10 Å². The normalized spacial score (nSPS) is 21.1. The first-order valence-corrected chi connectivity index (χ1v) is 10.3. The zero-order valence-corrected chi connectivity index (χ0v) is 18.0. The molecular weight excluding hydrogens is 402 g/mol. The van der Waals surface area contributed by atoms with Gasteiger partial charge in [-0.25, -0.2) is 9.64 Å². The summed E-state index contributed by atoms with van der Waals surface area (Å²) >= 11 is 6.51. The molecule has 1 saturated heterocycles. The lowest BCUT2D eigenvalue weighted by Gasteiger charge is -2.34. The fourth-order valence-corrected chi connectivity index (χ4v) is 4.37. The van der Waals surface area contributed by atoms with Crippen molar-refractivity contribution >= 4 is 23.5 Å². The minimum atomic E-state index is -0.585. The molecule has 156 valence electrons. The van der Waals surface area contributed by atoms with E-state index in [0.29, 0.717) is 23.0 Å². The molecule has 2 unspecified atom stereocenters. The number of ether oxygens (including phenoxy) is 1. The molecule has 2 atom stereocenters. The Labute approximate surface area is 180 Å². The number of H-pyrrole nitrogens is 1. The van der Waals surface area contributed by atoms with E-state index in [-0.39, 0.29) is 18.1 Å². The van der Waals surface area contributed by atoms with Crippen LogP contribution in [0.4, 0.5) is 10.6 Å². The van der Waals surface area contributed by atoms with Crippen LogP contribution in [0.1, 0.15) is 50.7 Å². The maximum atomic E-state index is 12.8. The summed E-state index contributed by atoms with van der Waals surface area (Å²) in [6.45, 7) is 14.1. The van der Waals surface area contributed by atoms with Crippen molar-refractivity contribution in [3.8, 4) is 0 Å². The van der Waals surface area contributed by atoms with E-state index in [2.05, 4.69) is 20.4 Å². The molecule has 1 aromatic carbocycles. The van der Waals surface area contributed by atoms with Crippen LogP contribution in [0.5, 0.6) is 0 Å². The standard InChI is InChI=1S/C22H24ClN5O2/c1-22(2,3)30-21(29)28-11-7-10-16(28)18-19(24-4)17(13-8-5-6-9-15(13)23)14-12-25-27-20(14)26-18/h5-6,8-9,12,16-17H,7,10-11H2,1-3H3,(H2,25,26,27). The zero-order valence-electron chi connectivity index (χ0n) is 17.2. The molecule has 1 fully saturated rings. The highest BCUT2D eigenvalue weighted by Gasteiger charge is 2.41. The Morgan fingerprint density at radius 1 is 1.33 bits per heavy atom. The number of nitrogens with zero attached hydrogens (tertiary/aromatic N) is 3. The van der Waals surface area contributed by atoms with Gasteiger partial charge in [0.1, 0.15) is 11.4 Å². The summed E-state index contributed by atoms with van der Waals surface area (Å²) in [7, 11) is 0. The van der Waals surface area contributed by atoms with Crippen molar-refractivity contribution in [1.82, 2.24) is 15.1 Å². The average molecular weight is 426 g/mol. The highest BCUT2D eigenvalue weighted by Crippen LogP contribution is 2.45. The van der Waals surface area contributed by atoms with E-state index in [1.807, 2.05) is 45.0 Å². The molecule has 0 radical (unpaired) electrons. The zero-order chi connectivity index (χ0) is 21.5. The van der Waals surface area contributed by atoms with Crippen LogP contribution >= 0.6 is 11.6 Å². The third-order valence-corrected chi connectivity index (χ3v) is 5.68. The second-order valence-corrected chi connectivity index (χ2v) is 8.93. The molecular formula is C22H24ClN5O2. The minimum absolute atomic E-state index is 0.273. The maximum Gasteiger partial charge on any atom is 0.410 e. The predicted octanol–water partition coefficient (Wildman–Crippen LogP) is 5.15. The average Bonchev–Trinajstić information content (AvgIpc) is 3.35. The molecule has 0 bridgehead atoms. The number of rotatable bonds is 2. The van der Waals surface area contributed by atoms with Crippen LogP contribution in [0.2, 0.25) is 5.02 Å². The van der Waals surface area contributed by atoms with Crippen molar-refractivity contribution in [2.45, 2.75) is 51.2 Å². The van der Waals surface area contributed by atoms with E-state index in [9.17, 15) is 4.79 Å². The second-order valence-electron chi connectivity index (χ2n) is 8.52. The maximum absolute atomic E-state index is 12.8. The number of aromatic nitrogens is 2. The van der Waals surface area contributed by atoms with Gasteiger partial charge in [0, 0.05) is 22.8 Å². The number of aromatic amines is 1. The summed E-state index contributed by atoms with van der Waals surface area (Å²) in [6, 6.07) is 7.26. The van der Waals surface area contributed by atoms with Crippen LogP contribution in [0.15, 0.2) is 41.9 Å². The number of carbonyl (C=O) groups excluding carboxylic acids is 1. The number of nitrogens with one attached hydrogen (secondary N) is 2. The predicted molar refractivity (Wildman–Crippen MR) is 115 cm³/mol. The number of hydrogen-bond acceptors (Lipinski definition) is 4. The summed E-state index contributed by atoms with van der Waals surface area (Å²) in [5.41, 5.74) is 2.35. The van der Waals surface area contributed by atoms with Crippen molar-refractivity contribution < 1.29 is 9.53 Å².